The normalized spacial score (nSPS) is 11.8. The van der Waals surface area contributed by atoms with E-state index in [-0.39, 0.29) is 12.5 Å². The van der Waals surface area contributed by atoms with Gasteiger partial charge in [0.1, 0.15) is 0 Å². The van der Waals surface area contributed by atoms with E-state index < -0.39 is 11.7 Å². The topological polar surface area (TPSA) is 65.5 Å². The van der Waals surface area contributed by atoms with Crippen LogP contribution in [0.5, 0.6) is 0 Å². The molecular weight excluding hydrogens is 393 g/mol. The molecule has 0 aliphatic heterocycles. The number of hydrogen-bond acceptors (Lipinski definition) is 2. The predicted molar refractivity (Wildman–Crippen MR) is 112 cm³/mol. The van der Waals surface area contributed by atoms with Crippen molar-refractivity contribution in [2.45, 2.75) is 39.5 Å². The monoisotopic (exact) mass is 420 g/mol. The van der Waals surface area contributed by atoms with E-state index >= 15 is 0 Å². The quantitative estimate of drug-likeness (QED) is 0.445. The third kappa shape index (κ3) is 7.42. The highest BCUT2D eigenvalue weighted by molar-refractivity contribution is 5.94. The van der Waals surface area contributed by atoms with E-state index in [1.807, 2.05) is 26.0 Å². The number of amides is 1. The summed E-state index contributed by atoms with van der Waals surface area (Å²) in [6.45, 7) is 5.64. The molecule has 2 rings (SSSR count). The van der Waals surface area contributed by atoms with Gasteiger partial charge in [0.25, 0.3) is 5.91 Å². The molecule has 0 atom stereocenters. The molecule has 3 N–H and O–H groups in total. The average Bonchev–Trinajstić information content (AvgIpc) is 2.73. The highest BCUT2D eigenvalue weighted by atomic mass is 19.4. The van der Waals surface area contributed by atoms with Crippen molar-refractivity contribution >= 4 is 11.9 Å². The lowest BCUT2D eigenvalue weighted by Gasteiger charge is -2.13. The van der Waals surface area contributed by atoms with E-state index in [2.05, 4.69) is 20.9 Å². The van der Waals surface area contributed by atoms with Crippen LogP contribution >= 0.6 is 0 Å². The molecule has 0 saturated carbocycles. The van der Waals surface area contributed by atoms with Gasteiger partial charge in [0.15, 0.2) is 5.96 Å². The maximum atomic E-state index is 12.9. The van der Waals surface area contributed by atoms with Gasteiger partial charge in [-0.25, -0.2) is 4.99 Å². The van der Waals surface area contributed by atoms with Crippen LogP contribution < -0.4 is 16.0 Å². The molecule has 162 valence electrons. The van der Waals surface area contributed by atoms with Gasteiger partial charge in [0.2, 0.25) is 0 Å². The molecule has 0 unspecified atom stereocenters. The van der Waals surface area contributed by atoms with Crippen LogP contribution in [0.15, 0.2) is 53.5 Å². The van der Waals surface area contributed by atoms with E-state index in [4.69, 9.17) is 0 Å². The Bertz CT molecular complexity index is 865. The van der Waals surface area contributed by atoms with Crippen LogP contribution in [0.25, 0.3) is 0 Å². The highest BCUT2D eigenvalue weighted by Gasteiger charge is 2.30. The molecule has 0 aliphatic rings. The van der Waals surface area contributed by atoms with Crippen molar-refractivity contribution in [3.63, 3.8) is 0 Å². The minimum absolute atomic E-state index is 0.110. The zero-order valence-electron chi connectivity index (χ0n) is 17.1. The summed E-state index contributed by atoms with van der Waals surface area (Å²) in [5.74, 6) is 0.361. The van der Waals surface area contributed by atoms with Crippen LogP contribution in [0.1, 0.15) is 47.3 Å². The molecule has 8 heteroatoms. The van der Waals surface area contributed by atoms with Crippen LogP contribution in [-0.4, -0.2) is 25.0 Å². The zero-order chi connectivity index (χ0) is 22.0. The lowest BCUT2D eigenvalue weighted by Crippen LogP contribution is -2.36. The lowest BCUT2D eigenvalue weighted by molar-refractivity contribution is -0.137. The number of rotatable bonds is 8. The molecule has 0 aliphatic carbocycles. The Morgan fingerprint density at radius 3 is 2.40 bits per heavy atom. The van der Waals surface area contributed by atoms with E-state index in [0.29, 0.717) is 36.7 Å². The van der Waals surface area contributed by atoms with Gasteiger partial charge in [-0.05, 0) is 48.7 Å². The Labute approximate surface area is 174 Å². The molecule has 0 bridgehead atoms. The summed E-state index contributed by atoms with van der Waals surface area (Å²) in [6, 6.07) is 12.4. The Morgan fingerprint density at radius 1 is 0.967 bits per heavy atom. The van der Waals surface area contributed by atoms with Crippen molar-refractivity contribution < 1.29 is 18.0 Å². The number of aliphatic imine (C=N–C) groups is 1. The summed E-state index contributed by atoms with van der Waals surface area (Å²) < 4.78 is 38.6. The van der Waals surface area contributed by atoms with Crippen molar-refractivity contribution in [3.05, 3.63) is 70.8 Å². The molecule has 0 spiro atoms. The first-order valence-corrected chi connectivity index (χ1v) is 9.89. The number of alkyl halides is 3. The summed E-state index contributed by atoms with van der Waals surface area (Å²) >= 11 is 0. The zero-order valence-corrected chi connectivity index (χ0v) is 17.1. The summed E-state index contributed by atoms with van der Waals surface area (Å²) in [7, 11) is 0. The fraction of sp³-hybridized carbons (Fsp3) is 0.364. The van der Waals surface area contributed by atoms with Gasteiger partial charge >= 0.3 is 6.18 Å². The smallest absolute Gasteiger partial charge is 0.357 e. The lowest BCUT2D eigenvalue weighted by atomic mass is 10.1. The maximum Gasteiger partial charge on any atom is 0.416 e. The van der Waals surface area contributed by atoms with Gasteiger partial charge in [0, 0.05) is 25.2 Å². The molecule has 0 aromatic heterocycles. The van der Waals surface area contributed by atoms with Crippen LogP contribution in [0.3, 0.4) is 0 Å². The van der Waals surface area contributed by atoms with E-state index in [1.54, 1.807) is 18.2 Å². The fourth-order valence-corrected chi connectivity index (χ4v) is 2.71. The molecule has 30 heavy (non-hydrogen) atoms. The average molecular weight is 420 g/mol. The van der Waals surface area contributed by atoms with E-state index in [9.17, 15) is 18.0 Å². The Balaban J connectivity index is 2.03. The van der Waals surface area contributed by atoms with Crippen LogP contribution in [-0.2, 0) is 19.3 Å². The van der Waals surface area contributed by atoms with Crippen LogP contribution in [0, 0.1) is 0 Å². The first-order valence-electron chi connectivity index (χ1n) is 9.89. The second kappa shape index (κ2) is 11.2. The van der Waals surface area contributed by atoms with E-state index in [1.165, 1.54) is 6.07 Å². The minimum atomic E-state index is -4.38. The van der Waals surface area contributed by atoms with Gasteiger partial charge in [-0.2, -0.15) is 13.2 Å². The minimum Gasteiger partial charge on any atom is -0.357 e. The largest absolute Gasteiger partial charge is 0.416 e. The second-order valence-electron chi connectivity index (χ2n) is 6.70. The number of hydrogen-bond donors (Lipinski definition) is 3. The summed E-state index contributed by atoms with van der Waals surface area (Å²) in [4.78, 5) is 16.5. The van der Waals surface area contributed by atoms with Gasteiger partial charge < -0.3 is 16.0 Å². The third-order valence-electron chi connectivity index (χ3n) is 4.20. The van der Waals surface area contributed by atoms with Crippen molar-refractivity contribution in [2.24, 2.45) is 4.99 Å². The standard InChI is InChI=1S/C22H27F3N4O/c1-3-11-27-20(30)18-9-5-7-16(12-18)14-28-21(26-4-2)29-15-17-8-6-10-19(13-17)22(23,24)25/h5-10,12-13H,3-4,11,14-15H2,1-2H3,(H,27,30)(H2,26,28,29). The van der Waals surface area contributed by atoms with Gasteiger partial charge in [-0.3, -0.25) is 4.79 Å². The van der Waals surface area contributed by atoms with Crippen LogP contribution in [0.4, 0.5) is 13.2 Å². The molecular formula is C22H27F3N4O. The van der Waals surface area contributed by atoms with Crippen LogP contribution in [0.2, 0.25) is 0 Å². The van der Waals surface area contributed by atoms with Crippen molar-refractivity contribution in [1.82, 2.24) is 16.0 Å². The fourth-order valence-electron chi connectivity index (χ4n) is 2.71. The number of nitrogens with one attached hydrogen (secondary N) is 3. The number of nitrogens with zero attached hydrogens (tertiary/aromatic N) is 1. The Morgan fingerprint density at radius 2 is 1.70 bits per heavy atom. The SMILES string of the molecule is CCCNC(=O)c1cccc(CNC(=NCc2cccc(C(F)(F)F)c2)NCC)c1. The molecule has 2 aromatic carbocycles. The molecule has 0 fully saturated rings. The summed E-state index contributed by atoms with van der Waals surface area (Å²) in [5, 5.41) is 9.06. The molecule has 0 saturated heterocycles. The maximum absolute atomic E-state index is 12.9. The number of carbonyl (C=O) groups is 1. The third-order valence-corrected chi connectivity index (χ3v) is 4.20. The van der Waals surface area contributed by atoms with Gasteiger partial charge in [-0.1, -0.05) is 31.2 Å². The molecule has 5 nitrogen and oxygen atoms in total. The number of carbonyl (C=O) groups excluding carboxylic acids is 1. The van der Waals surface area contributed by atoms with E-state index in [0.717, 1.165) is 24.1 Å². The highest BCUT2D eigenvalue weighted by Crippen LogP contribution is 2.29. The van der Waals surface area contributed by atoms with Crippen molar-refractivity contribution in [2.75, 3.05) is 13.1 Å². The number of benzene rings is 2. The first-order chi connectivity index (χ1) is 14.3. The summed E-state index contributed by atoms with van der Waals surface area (Å²) in [5.41, 5.74) is 1.25. The first kappa shape index (κ1) is 23.3. The second-order valence-corrected chi connectivity index (χ2v) is 6.70. The Hall–Kier alpha value is -3.03. The van der Waals surface area contributed by atoms with Crippen molar-refractivity contribution in [3.8, 4) is 0 Å². The van der Waals surface area contributed by atoms with Crippen molar-refractivity contribution in [1.29, 1.82) is 0 Å². The number of guanidine groups is 1. The summed E-state index contributed by atoms with van der Waals surface area (Å²) in [6.07, 6.45) is -3.52. The number of halogens is 3. The molecule has 2 aromatic rings. The predicted octanol–water partition coefficient (Wildman–Crippen LogP) is 4.10. The molecule has 0 radical (unpaired) electrons. The van der Waals surface area contributed by atoms with Gasteiger partial charge in [-0.15, -0.1) is 0 Å². The Kier molecular flexibility index (Phi) is 8.70. The molecule has 1 amide bonds. The molecule has 0 heterocycles. The van der Waals surface area contributed by atoms with Gasteiger partial charge in [0.05, 0.1) is 12.1 Å².